The van der Waals surface area contributed by atoms with Crippen LogP contribution in [0.25, 0.3) is 5.69 Å². The number of nitriles is 1. The Morgan fingerprint density at radius 1 is 1.44 bits per heavy atom. The van der Waals surface area contributed by atoms with Gasteiger partial charge < -0.3 is 0 Å². The van der Waals surface area contributed by atoms with Gasteiger partial charge in [0.2, 0.25) is 0 Å². The first-order valence-electron chi connectivity index (χ1n) is 5.73. The highest BCUT2D eigenvalue weighted by Crippen LogP contribution is 2.11. The van der Waals surface area contributed by atoms with E-state index < -0.39 is 0 Å². The van der Waals surface area contributed by atoms with Crippen LogP contribution in [0.3, 0.4) is 0 Å². The second-order valence-electron chi connectivity index (χ2n) is 4.17. The summed E-state index contributed by atoms with van der Waals surface area (Å²) >= 11 is 0. The first-order chi connectivity index (χ1) is 8.70. The van der Waals surface area contributed by atoms with Crippen molar-refractivity contribution in [2.24, 2.45) is 5.92 Å². The number of carbonyl (C=O) groups is 1. The second-order valence-corrected chi connectivity index (χ2v) is 4.17. The molecule has 0 amide bonds. The zero-order valence-corrected chi connectivity index (χ0v) is 10.1. The van der Waals surface area contributed by atoms with Gasteiger partial charge in [0, 0.05) is 12.6 Å². The summed E-state index contributed by atoms with van der Waals surface area (Å²) in [5.74, 6) is -0.316. The molecule has 0 spiro atoms. The molecule has 2 rings (SSSR count). The highest BCUT2D eigenvalue weighted by Gasteiger charge is 2.13. The van der Waals surface area contributed by atoms with Crippen LogP contribution in [0, 0.1) is 17.2 Å². The summed E-state index contributed by atoms with van der Waals surface area (Å²) in [6.07, 6.45) is 3.47. The van der Waals surface area contributed by atoms with Crippen LogP contribution in [-0.2, 0) is 0 Å². The number of nitrogens with zero attached hydrogens (tertiary/aromatic N) is 3. The lowest BCUT2D eigenvalue weighted by atomic mass is 10.0. The normalized spacial score (nSPS) is 11.8. The van der Waals surface area contributed by atoms with E-state index in [0.717, 1.165) is 5.69 Å². The van der Waals surface area contributed by atoms with Crippen molar-refractivity contribution >= 4 is 5.78 Å². The molecular weight excluding hydrogens is 226 g/mol. The molecule has 1 heterocycles. The largest absolute Gasteiger partial charge is 0.294 e. The summed E-state index contributed by atoms with van der Waals surface area (Å²) < 4.78 is 1.66. The molecular formula is C14H13N3O. The van der Waals surface area contributed by atoms with Gasteiger partial charge in [-0.1, -0.05) is 18.2 Å². The number of aromatic nitrogens is 2. The van der Waals surface area contributed by atoms with Crippen molar-refractivity contribution in [3.8, 4) is 11.8 Å². The van der Waals surface area contributed by atoms with Gasteiger partial charge in [0.1, 0.15) is 0 Å². The number of hydrogen-bond acceptors (Lipinski definition) is 3. The maximum Gasteiger partial charge on any atom is 0.167 e. The fourth-order valence-corrected chi connectivity index (χ4v) is 1.63. The van der Waals surface area contributed by atoms with E-state index in [2.05, 4.69) is 11.2 Å². The quantitative estimate of drug-likeness (QED) is 0.770. The summed E-state index contributed by atoms with van der Waals surface area (Å²) in [5, 5.41) is 12.8. The van der Waals surface area contributed by atoms with Crippen molar-refractivity contribution in [2.75, 3.05) is 0 Å². The first-order valence-corrected chi connectivity index (χ1v) is 5.73. The smallest absolute Gasteiger partial charge is 0.167 e. The predicted octanol–water partition coefficient (Wildman–Crippen LogP) is 2.60. The van der Waals surface area contributed by atoms with E-state index in [9.17, 15) is 4.79 Å². The number of hydrogen-bond donors (Lipinski definition) is 0. The van der Waals surface area contributed by atoms with Crippen LogP contribution in [-0.4, -0.2) is 15.6 Å². The number of para-hydroxylation sites is 1. The number of rotatable bonds is 4. The molecule has 0 fully saturated rings. The van der Waals surface area contributed by atoms with Crippen LogP contribution in [0.2, 0.25) is 0 Å². The van der Waals surface area contributed by atoms with Crippen molar-refractivity contribution in [3.63, 3.8) is 0 Å². The van der Waals surface area contributed by atoms with Gasteiger partial charge in [-0.05, 0) is 19.1 Å². The molecule has 0 radical (unpaired) electrons. The van der Waals surface area contributed by atoms with Gasteiger partial charge in [-0.15, -0.1) is 0 Å². The standard InChI is InChI=1S/C14H13N3O/c1-11(8-15)7-14(18)12-9-16-17(10-12)13-5-3-2-4-6-13/h2-6,9-11H,7H2,1H3. The SMILES string of the molecule is CC(C#N)CC(=O)c1cnn(-c2ccccc2)c1. The van der Waals surface area contributed by atoms with Crippen LogP contribution in [0.4, 0.5) is 0 Å². The Morgan fingerprint density at radius 3 is 2.83 bits per heavy atom. The second kappa shape index (κ2) is 5.28. The maximum absolute atomic E-state index is 11.9. The molecule has 0 aliphatic heterocycles. The van der Waals surface area contributed by atoms with Gasteiger partial charge in [0.05, 0.1) is 29.4 Å². The van der Waals surface area contributed by atoms with E-state index in [0.29, 0.717) is 5.56 Å². The molecule has 0 bridgehead atoms. The summed E-state index contributed by atoms with van der Waals surface area (Å²) in [7, 11) is 0. The average molecular weight is 239 g/mol. The highest BCUT2D eigenvalue weighted by atomic mass is 16.1. The zero-order chi connectivity index (χ0) is 13.0. The summed E-state index contributed by atoms with van der Waals surface area (Å²) in [6, 6.07) is 11.6. The van der Waals surface area contributed by atoms with Crippen molar-refractivity contribution < 1.29 is 4.79 Å². The van der Waals surface area contributed by atoms with Gasteiger partial charge in [-0.3, -0.25) is 4.79 Å². The Balaban J connectivity index is 2.17. The maximum atomic E-state index is 11.9. The fourth-order valence-electron chi connectivity index (χ4n) is 1.63. The third-order valence-electron chi connectivity index (χ3n) is 2.64. The van der Waals surface area contributed by atoms with Crippen molar-refractivity contribution in [3.05, 3.63) is 48.3 Å². The molecule has 4 nitrogen and oxygen atoms in total. The number of benzene rings is 1. The van der Waals surface area contributed by atoms with Gasteiger partial charge in [-0.25, -0.2) is 4.68 Å². The molecule has 1 unspecified atom stereocenters. The molecule has 18 heavy (non-hydrogen) atoms. The van der Waals surface area contributed by atoms with Crippen LogP contribution in [0.15, 0.2) is 42.7 Å². The molecule has 2 aromatic rings. The van der Waals surface area contributed by atoms with Crippen LogP contribution in [0.5, 0.6) is 0 Å². The lowest BCUT2D eigenvalue weighted by Crippen LogP contribution is -2.03. The zero-order valence-electron chi connectivity index (χ0n) is 10.1. The lowest BCUT2D eigenvalue weighted by Gasteiger charge is -2.00. The molecule has 0 aliphatic rings. The lowest BCUT2D eigenvalue weighted by molar-refractivity contribution is 0.0973. The molecule has 1 atom stereocenters. The van der Waals surface area contributed by atoms with Crippen LogP contribution in [0.1, 0.15) is 23.7 Å². The molecule has 4 heteroatoms. The molecule has 0 saturated heterocycles. The van der Waals surface area contributed by atoms with E-state index in [1.807, 2.05) is 30.3 Å². The third kappa shape index (κ3) is 2.64. The van der Waals surface area contributed by atoms with Crippen molar-refractivity contribution in [1.29, 1.82) is 5.26 Å². The molecule has 0 saturated carbocycles. The van der Waals surface area contributed by atoms with E-state index in [1.165, 1.54) is 0 Å². The summed E-state index contributed by atoms with van der Waals surface area (Å²) in [5.41, 5.74) is 1.45. The molecule has 0 N–H and O–H groups in total. The summed E-state index contributed by atoms with van der Waals surface area (Å²) in [4.78, 5) is 11.9. The van der Waals surface area contributed by atoms with Crippen molar-refractivity contribution in [2.45, 2.75) is 13.3 Å². The molecule has 1 aromatic carbocycles. The number of carbonyl (C=O) groups excluding carboxylic acids is 1. The minimum absolute atomic E-state index is 0.0498. The summed E-state index contributed by atoms with van der Waals surface area (Å²) in [6.45, 7) is 1.74. The Bertz CT molecular complexity index is 581. The molecule has 90 valence electrons. The monoisotopic (exact) mass is 239 g/mol. The van der Waals surface area contributed by atoms with Crippen LogP contribution >= 0.6 is 0 Å². The Morgan fingerprint density at radius 2 is 2.17 bits per heavy atom. The van der Waals surface area contributed by atoms with Gasteiger partial charge in [-0.2, -0.15) is 10.4 Å². The van der Waals surface area contributed by atoms with Crippen molar-refractivity contribution in [1.82, 2.24) is 9.78 Å². The minimum Gasteiger partial charge on any atom is -0.294 e. The Kier molecular flexibility index (Phi) is 3.54. The van der Waals surface area contributed by atoms with E-state index >= 15 is 0 Å². The average Bonchev–Trinajstić information content (AvgIpc) is 2.89. The Labute approximate surface area is 105 Å². The van der Waals surface area contributed by atoms with E-state index in [4.69, 9.17) is 5.26 Å². The number of Topliss-reactive ketones (excluding diaryl/α,β-unsaturated/α-hetero) is 1. The molecule has 1 aromatic heterocycles. The molecule has 0 aliphatic carbocycles. The first kappa shape index (κ1) is 12.1. The van der Waals surface area contributed by atoms with Crippen LogP contribution < -0.4 is 0 Å². The van der Waals surface area contributed by atoms with E-state index in [1.54, 1.807) is 24.0 Å². The predicted molar refractivity (Wildman–Crippen MR) is 67.3 cm³/mol. The van der Waals surface area contributed by atoms with E-state index in [-0.39, 0.29) is 18.1 Å². The number of ketones is 1. The van der Waals surface area contributed by atoms with Gasteiger partial charge in [0.25, 0.3) is 0 Å². The van der Waals surface area contributed by atoms with Gasteiger partial charge in [0.15, 0.2) is 5.78 Å². The topological polar surface area (TPSA) is 58.7 Å². The fraction of sp³-hybridized carbons (Fsp3) is 0.214. The highest BCUT2D eigenvalue weighted by molar-refractivity contribution is 5.95. The third-order valence-corrected chi connectivity index (χ3v) is 2.64. The minimum atomic E-state index is -0.266. The Hall–Kier alpha value is -2.41. The van der Waals surface area contributed by atoms with Gasteiger partial charge >= 0.3 is 0 Å².